The average Bonchev–Trinajstić information content (AvgIpc) is 2.68. The first-order valence-electron chi connectivity index (χ1n) is 6.25. The van der Waals surface area contributed by atoms with Crippen molar-refractivity contribution >= 4 is 0 Å². The molecule has 0 aromatic heterocycles. The van der Waals surface area contributed by atoms with Crippen LogP contribution >= 0.6 is 0 Å². The smallest absolute Gasteiger partial charge is 0.0235 e. The SMILES string of the molecule is CC(C)N1CCC(N2CCCCC2)C1. The Morgan fingerprint density at radius 3 is 2.29 bits per heavy atom. The fraction of sp³-hybridized carbons (Fsp3) is 1.00. The molecule has 2 aliphatic heterocycles. The maximum atomic E-state index is 2.73. The Hall–Kier alpha value is -0.0800. The van der Waals surface area contributed by atoms with Crippen molar-refractivity contribution in [3.05, 3.63) is 0 Å². The van der Waals surface area contributed by atoms with Crippen LogP contribution in [0.25, 0.3) is 0 Å². The second-order valence-electron chi connectivity index (χ2n) is 5.13. The lowest BCUT2D eigenvalue weighted by atomic mass is 10.1. The molecule has 2 fully saturated rings. The van der Waals surface area contributed by atoms with Gasteiger partial charge in [0, 0.05) is 25.2 Å². The first-order chi connectivity index (χ1) is 6.77. The largest absolute Gasteiger partial charge is 0.299 e. The van der Waals surface area contributed by atoms with Gasteiger partial charge in [-0.15, -0.1) is 0 Å². The van der Waals surface area contributed by atoms with E-state index in [0.29, 0.717) is 0 Å². The molecule has 0 aliphatic carbocycles. The molecular formula is C12H24N2. The van der Waals surface area contributed by atoms with Crippen LogP contribution in [0, 0.1) is 0 Å². The van der Waals surface area contributed by atoms with Crippen molar-refractivity contribution in [3.63, 3.8) is 0 Å². The molecule has 0 bridgehead atoms. The van der Waals surface area contributed by atoms with Crippen LogP contribution in [0.5, 0.6) is 0 Å². The highest BCUT2D eigenvalue weighted by Crippen LogP contribution is 2.21. The molecule has 1 atom stereocenters. The summed E-state index contributed by atoms with van der Waals surface area (Å²) in [7, 11) is 0. The van der Waals surface area contributed by atoms with Gasteiger partial charge >= 0.3 is 0 Å². The minimum absolute atomic E-state index is 0.741. The molecule has 2 nitrogen and oxygen atoms in total. The Morgan fingerprint density at radius 2 is 1.71 bits per heavy atom. The summed E-state index contributed by atoms with van der Waals surface area (Å²) in [4.78, 5) is 5.35. The summed E-state index contributed by atoms with van der Waals surface area (Å²) in [5, 5.41) is 0. The molecule has 2 aliphatic rings. The summed E-state index contributed by atoms with van der Waals surface area (Å²) in [6.45, 7) is 9.99. The topological polar surface area (TPSA) is 6.48 Å². The molecule has 0 amide bonds. The van der Waals surface area contributed by atoms with E-state index in [1.807, 2.05) is 0 Å². The second-order valence-corrected chi connectivity index (χ2v) is 5.13. The fourth-order valence-corrected chi connectivity index (χ4v) is 2.82. The van der Waals surface area contributed by atoms with Gasteiger partial charge in [-0.2, -0.15) is 0 Å². The highest BCUT2D eigenvalue weighted by atomic mass is 15.3. The summed E-state index contributed by atoms with van der Waals surface area (Å²) in [6.07, 6.45) is 5.71. The molecule has 2 rings (SSSR count). The van der Waals surface area contributed by atoms with Crippen molar-refractivity contribution in [1.82, 2.24) is 9.80 Å². The van der Waals surface area contributed by atoms with E-state index in [4.69, 9.17) is 0 Å². The summed E-state index contributed by atoms with van der Waals surface area (Å²) in [5.74, 6) is 0. The summed E-state index contributed by atoms with van der Waals surface area (Å²) in [5.41, 5.74) is 0. The maximum absolute atomic E-state index is 2.73. The number of nitrogens with zero attached hydrogens (tertiary/aromatic N) is 2. The summed E-state index contributed by atoms with van der Waals surface area (Å²) in [6, 6.07) is 1.61. The van der Waals surface area contributed by atoms with Crippen LogP contribution in [0.1, 0.15) is 39.5 Å². The molecule has 82 valence electrons. The minimum atomic E-state index is 0.741. The predicted molar refractivity (Wildman–Crippen MR) is 60.5 cm³/mol. The Labute approximate surface area is 88.3 Å². The minimum Gasteiger partial charge on any atom is -0.299 e. The van der Waals surface area contributed by atoms with E-state index in [1.165, 1.54) is 51.9 Å². The van der Waals surface area contributed by atoms with E-state index < -0.39 is 0 Å². The molecule has 0 aromatic rings. The zero-order chi connectivity index (χ0) is 9.97. The standard InChI is InChI=1S/C12H24N2/c1-11(2)14-9-6-12(10-14)13-7-4-3-5-8-13/h11-12H,3-10H2,1-2H3. The number of rotatable bonds is 2. The summed E-state index contributed by atoms with van der Waals surface area (Å²) < 4.78 is 0. The van der Waals surface area contributed by atoms with Crippen molar-refractivity contribution in [1.29, 1.82) is 0 Å². The van der Waals surface area contributed by atoms with E-state index in [2.05, 4.69) is 23.6 Å². The highest BCUT2D eigenvalue weighted by Gasteiger charge is 2.29. The third-order valence-corrected chi connectivity index (χ3v) is 3.83. The van der Waals surface area contributed by atoms with Crippen LogP contribution in [0.4, 0.5) is 0 Å². The Kier molecular flexibility index (Phi) is 3.45. The van der Waals surface area contributed by atoms with Crippen LogP contribution in [0.2, 0.25) is 0 Å². The lowest BCUT2D eigenvalue weighted by Gasteiger charge is -2.32. The van der Waals surface area contributed by atoms with Gasteiger partial charge in [0.2, 0.25) is 0 Å². The van der Waals surface area contributed by atoms with Gasteiger partial charge in [0.25, 0.3) is 0 Å². The Bertz CT molecular complexity index is 173. The quantitative estimate of drug-likeness (QED) is 0.666. The predicted octanol–water partition coefficient (Wildman–Crippen LogP) is 1.95. The van der Waals surface area contributed by atoms with Gasteiger partial charge < -0.3 is 0 Å². The van der Waals surface area contributed by atoms with Gasteiger partial charge in [-0.05, 0) is 46.2 Å². The fourth-order valence-electron chi connectivity index (χ4n) is 2.82. The number of likely N-dealkylation sites (tertiary alicyclic amines) is 2. The first kappa shape index (κ1) is 10.4. The van der Waals surface area contributed by atoms with Crippen LogP contribution in [-0.2, 0) is 0 Å². The average molecular weight is 196 g/mol. The molecule has 0 aromatic carbocycles. The molecule has 2 saturated heterocycles. The van der Waals surface area contributed by atoms with Crippen molar-refractivity contribution in [2.24, 2.45) is 0 Å². The van der Waals surface area contributed by atoms with Crippen molar-refractivity contribution in [3.8, 4) is 0 Å². The van der Waals surface area contributed by atoms with E-state index >= 15 is 0 Å². The molecule has 0 N–H and O–H groups in total. The van der Waals surface area contributed by atoms with Gasteiger partial charge in [0.05, 0.1) is 0 Å². The lowest BCUT2D eigenvalue weighted by molar-refractivity contribution is 0.156. The maximum Gasteiger partial charge on any atom is 0.0235 e. The molecular weight excluding hydrogens is 172 g/mol. The van der Waals surface area contributed by atoms with Crippen LogP contribution in [-0.4, -0.2) is 48.1 Å². The van der Waals surface area contributed by atoms with Gasteiger partial charge in [0.1, 0.15) is 0 Å². The van der Waals surface area contributed by atoms with E-state index in [0.717, 1.165) is 12.1 Å². The first-order valence-corrected chi connectivity index (χ1v) is 6.25. The third-order valence-electron chi connectivity index (χ3n) is 3.83. The van der Waals surface area contributed by atoms with Gasteiger partial charge in [-0.25, -0.2) is 0 Å². The number of piperidine rings is 1. The second kappa shape index (κ2) is 4.63. The normalized spacial score (nSPS) is 31.5. The van der Waals surface area contributed by atoms with Crippen molar-refractivity contribution in [2.75, 3.05) is 26.2 Å². The molecule has 0 spiro atoms. The van der Waals surface area contributed by atoms with E-state index in [-0.39, 0.29) is 0 Å². The molecule has 2 heterocycles. The van der Waals surface area contributed by atoms with Gasteiger partial charge in [-0.1, -0.05) is 6.42 Å². The molecule has 1 unspecified atom stereocenters. The monoisotopic (exact) mass is 196 g/mol. The van der Waals surface area contributed by atoms with Gasteiger partial charge in [-0.3, -0.25) is 9.80 Å². The van der Waals surface area contributed by atoms with E-state index in [1.54, 1.807) is 0 Å². The molecule has 2 heteroatoms. The third kappa shape index (κ3) is 2.29. The molecule has 0 radical (unpaired) electrons. The van der Waals surface area contributed by atoms with Crippen LogP contribution in [0.3, 0.4) is 0 Å². The highest BCUT2D eigenvalue weighted by molar-refractivity contribution is 4.85. The van der Waals surface area contributed by atoms with Gasteiger partial charge in [0.15, 0.2) is 0 Å². The summed E-state index contributed by atoms with van der Waals surface area (Å²) >= 11 is 0. The van der Waals surface area contributed by atoms with Crippen LogP contribution in [0.15, 0.2) is 0 Å². The van der Waals surface area contributed by atoms with Crippen molar-refractivity contribution < 1.29 is 0 Å². The van der Waals surface area contributed by atoms with Crippen LogP contribution < -0.4 is 0 Å². The van der Waals surface area contributed by atoms with E-state index in [9.17, 15) is 0 Å². The molecule has 0 saturated carbocycles. The Morgan fingerprint density at radius 1 is 1.00 bits per heavy atom. The van der Waals surface area contributed by atoms with Crippen molar-refractivity contribution in [2.45, 2.75) is 51.6 Å². The zero-order valence-electron chi connectivity index (χ0n) is 9.71. The number of hydrogen-bond donors (Lipinski definition) is 0. The number of hydrogen-bond acceptors (Lipinski definition) is 2. The molecule has 14 heavy (non-hydrogen) atoms. The lowest BCUT2D eigenvalue weighted by Crippen LogP contribution is -2.41. The Balaban J connectivity index is 1.82. The zero-order valence-corrected chi connectivity index (χ0v) is 9.71.